The van der Waals surface area contributed by atoms with Gasteiger partial charge in [-0.1, -0.05) is 20.8 Å². The normalized spacial score (nSPS) is 45.0. The SMILES string of the molecule is C[C@H](CCC(=O)NCCS(=O)(=O)[O-])[C@H]1CCC2C3CCC4C[C@H](O)C[C@@H](O)[C@]4(C)C3C[C@H](O)[C@@]21C.[Na+]. The van der Waals surface area contributed by atoms with Gasteiger partial charge in [0.05, 0.1) is 34.2 Å². The maximum Gasteiger partial charge on any atom is 1.00 e. The summed E-state index contributed by atoms with van der Waals surface area (Å²) >= 11 is 0. The van der Waals surface area contributed by atoms with Crippen molar-refractivity contribution in [2.75, 3.05) is 12.3 Å². The Morgan fingerprint density at radius 3 is 2.33 bits per heavy atom. The molecular weight excluding hydrogens is 493 g/mol. The molecule has 11 atom stereocenters. The molecule has 8 nitrogen and oxygen atoms in total. The molecule has 4 aliphatic carbocycles. The van der Waals surface area contributed by atoms with Crippen LogP contribution in [-0.2, 0) is 14.9 Å². The molecule has 0 aromatic carbocycles. The van der Waals surface area contributed by atoms with Crippen molar-refractivity contribution in [3.63, 3.8) is 0 Å². The van der Waals surface area contributed by atoms with Gasteiger partial charge in [0.25, 0.3) is 0 Å². The summed E-state index contributed by atoms with van der Waals surface area (Å²) in [6.07, 6.45) is 5.53. The Bertz CT molecular complexity index is 903. The van der Waals surface area contributed by atoms with E-state index in [0.29, 0.717) is 42.9 Å². The fraction of sp³-hybridized carbons (Fsp3) is 0.962. The number of rotatable bonds is 7. The summed E-state index contributed by atoms with van der Waals surface area (Å²) in [4.78, 5) is 12.2. The van der Waals surface area contributed by atoms with E-state index in [1.807, 2.05) is 0 Å². The Labute approximate surface area is 238 Å². The van der Waals surface area contributed by atoms with Gasteiger partial charge in [0.1, 0.15) is 0 Å². The number of aliphatic hydroxyl groups excluding tert-OH is 3. The summed E-state index contributed by atoms with van der Waals surface area (Å²) in [6, 6.07) is 0. The van der Waals surface area contributed by atoms with Crippen LogP contribution in [0.1, 0.15) is 78.6 Å². The smallest absolute Gasteiger partial charge is 0.748 e. The van der Waals surface area contributed by atoms with E-state index >= 15 is 0 Å². The fourth-order valence-corrected chi connectivity index (χ4v) is 9.54. The summed E-state index contributed by atoms with van der Waals surface area (Å²) < 4.78 is 32.2. The molecule has 4 rings (SSSR count). The zero-order chi connectivity index (χ0) is 25.8. The maximum absolute atomic E-state index is 12.2. The second-order valence-corrected chi connectivity index (χ2v) is 14.1. The first-order valence-corrected chi connectivity index (χ1v) is 15.1. The van der Waals surface area contributed by atoms with Gasteiger partial charge in [-0.15, -0.1) is 0 Å². The minimum absolute atomic E-state index is 0. The van der Waals surface area contributed by atoms with Crippen LogP contribution in [-0.4, -0.2) is 64.8 Å². The largest absolute Gasteiger partial charge is 1.00 e. The number of fused-ring (bicyclic) bond motifs is 5. The molecule has 0 aromatic rings. The molecule has 0 aliphatic heterocycles. The van der Waals surface area contributed by atoms with Crippen LogP contribution in [0, 0.1) is 46.3 Å². The van der Waals surface area contributed by atoms with Gasteiger partial charge in [-0.3, -0.25) is 4.79 Å². The number of aliphatic hydroxyl groups is 3. The number of nitrogens with one attached hydrogen (secondary N) is 1. The van der Waals surface area contributed by atoms with Crippen LogP contribution in [0.3, 0.4) is 0 Å². The number of hydrogen-bond donors (Lipinski definition) is 4. The molecule has 0 radical (unpaired) electrons. The molecule has 4 fully saturated rings. The quantitative estimate of drug-likeness (QED) is 0.241. The van der Waals surface area contributed by atoms with Crippen molar-refractivity contribution >= 4 is 16.0 Å². The summed E-state index contributed by atoms with van der Waals surface area (Å²) in [5.74, 6) is 1.08. The first kappa shape index (κ1) is 30.8. The molecule has 36 heavy (non-hydrogen) atoms. The van der Waals surface area contributed by atoms with Gasteiger partial charge < -0.3 is 25.2 Å². The van der Waals surface area contributed by atoms with Gasteiger partial charge in [0.15, 0.2) is 0 Å². The third-order valence-electron chi connectivity index (χ3n) is 11.1. The molecule has 0 aromatic heterocycles. The van der Waals surface area contributed by atoms with Crippen molar-refractivity contribution in [2.24, 2.45) is 46.3 Å². The van der Waals surface area contributed by atoms with E-state index in [0.717, 1.165) is 32.1 Å². The Morgan fingerprint density at radius 1 is 1.00 bits per heavy atom. The zero-order valence-corrected chi connectivity index (χ0v) is 25.2. The second-order valence-electron chi connectivity index (χ2n) is 12.6. The molecule has 10 heteroatoms. The summed E-state index contributed by atoms with van der Waals surface area (Å²) in [7, 11) is -4.34. The molecule has 202 valence electrons. The standard InChI is InChI=1S/C26H45NO7S.Na/c1-15(4-9-24(31)27-10-11-35(32,33)34)19-7-8-20-18-6-5-16-12-17(28)13-22(29)25(16,2)21(18)14-23(30)26(19,20)3;/h15-23,28-30H,4-14H2,1-3H3,(H,27,31)(H,32,33,34);/q;+1/p-1/t15-,16?,17+,18?,19-,20?,21?,22-,23+,25+,26-;/m1./s1. The molecule has 4 unspecified atom stereocenters. The molecule has 0 spiro atoms. The Morgan fingerprint density at radius 2 is 1.67 bits per heavy atom. The van der Waals surface area contributed by atoms with Gasteiger partial charge in [-0.25, -0.2) is 8.42 Å². The van der Waals surface area contributed by atoms with Crippen molar-refractivity contribution < 1.29 is 62.6 Å². The van der Waals surface area contributed by atoms with Crippen molar-refractivity contribution in [1.82, 2.24) is 5.32 Å². The van der Waals surface area contributed by atoms with E-state index in [-0.39, 0.29) is 71.1 Å². The van der Waals surface area contributed by atoms with Crippen LogP contribution < -0.4 is 34.9 Å². The summed E-state index contributed by atoms with van der Waals surface area (Å²) in [5, 5.41) is 35.5. The van der Waals surface area contributed by atoms with Crippen LogP contribution in [0.2, 0.25) is 0 Å². The minimum atomic E-state index is -4.34. The van der Waals surface area contributed by atoms with E-state index in [2.05, 4.69) is 26.1 Å². The van der Waals surface area contributed by atoms with Crippen LogP contribution in [0.4, 0.5) is 0 Å². The van der Waals surface area contributed by atoms with Gasteiger partial charge in [0.2, 0.25) is 5.91 Å². The molecular formula is C26H44NNaO7S. The predicted octanol–water partition coefficient (Wildman–Crippen LogP) is -0.970. The predicted molar refractivity (Wildman–Crippen MR) is 130 cm³/mol. The molecule has 4 N–H and O–H groups in total. The Kier molecular flexibility index (Phi) is 9.75. The molecule has 4 aliphatic rings. The second kappa shape index (κ2) is 11.4. The molecule has 0 saturated heterocycles. The van der Waals surface area contributed by atoms with Crippen molar-refractivity contribution in [2.45, 2.75) is 96.9 Å². The third-order valence-corrected chi connectivity index (χ3v) is 11.8. The van der Waals surface area contributed by atoms with Crippen LogP contribution in [0.15, 0.2) is 0 Å². The van der Waals surface area contributed by atoms with Gasteiger partial charge in [0, 0.05) is 13.0 Å². The number of hydrogen-bond acceptors (Lipinski definition) is 7. The number of carbonyl (C=O) groups is 1. The van der Waals surface area contributed by atoms with Crippen LogP contribution in [0.5, 0.6) is 0 Å². The average Bonchev–Trinajstić information content (AvgIpc) is 3.12. The van der Waals surface area contributed by atoms with Crippen LogP contribution >= 0.6 is 0 Å². The zero-order valence-electron chi connectivity index (χ0n) is 22.4. The Hall–Kier alpha value is 0.260. The van der Waals surface area contributed by atoms with E-state index in [9.17, 15) is 33.1 Å². The molecule has 1 amide bonds. The number of amides is 1. The van der Waals surface area contributed by atoms with E-state index < -0.39 is 34.2 Å². The fourth-order valence-electron chi connectivity index (χ4n) is 9.19. The third kappa shape index (κ3) is 5.60. The van der Waals surface area contributed by atoms with E-state index in [1.54, 1.807) is 0 Å². The molecule has 0 heterocycles. The van der Waals surface area contributed by atoms with Crippen molar-refractivity contribution in [1.29, 1.82) is 0 Å². The topological polar surface area (TPSA) is 147 Å². The average molecular weight is 538 g/mol. The first-order valence-electron chi connectivity index (χ1n) is 13.5. The molecule has 0 bridgehead atoms. The maximum atomic E-state index is 12.2. The van der Waals surface area contributed by atoms with Gasteiger partial charge in [-0.2, -0.15) is 0 Å². The van der Waals surface area contributed by atoms with E-state index in [4.69, 9.17) is 0 Å². The Balaban J connectivity index is 0.00000361. The van der Waals surface area contributed by atoms with Crippen LogP contribution in [0.25, 0.3) is 0 Å². The first-order chi connectivity index (χ1) is 16.3. The minimum Gasteiger partial charge on any atom is -0.748 e. The number of carbonyl (C=O) groups excluding carboxylic acids is 1. The van der Waals surface area contributed by atoms with Gasteiger partial charge >= 0.3 is 29.6 Å². The monoisotopic (exact) mass is 537 g/mol. The van der Waals surface area contributed by atoms with Gasteiger partial charge in [-0.05, 0) is 97.7 Å². The van der Waals surface area contributed by atoms with Crippen molar-refractivity contribution in [3.05, 3.63) is 0 Å². The summed E-state index contributed by atoms with van der Waals surface area (Å²) in [6.45, 7) is 6.43. The van der Waals surface area contributed by atoms with Crippen molar-refractivity contribution in [3.8, 4) is 0 Å². The summed E-state index contributed by atoms with van der Waals surface area (Å²) in [5.41, 5.74) is -0.486. The van der Waals surface area contributed by atoms with E-state index in [1.165, 1.54) is 0 Å². The molecule has 4 saturated carbocycles.